The summed E-state index contributed by atoms with van der Waals surface area (Å²) in [6.07, 6.45) is 0.0631. The predicted octanol–water partition coefficient (Wildman–Crippen LogP) is 0.448. The molecule has 10 heteroatoms. The first-order valence-electron chi connectivity index (χ1n) is 8.91. The second-order valence-corrected chi connectivity index (χ2v) is 6.60. The summed E-state index contributed by atoms with van der Waals surface area (Å²) in [7, 11) is 1.43. The number of nitrogens with one attached hydrogen (secondary N) is 2. The fraction of sp³-hybridized carbons (Fsp3) is 0.500. The average molecular weight is 392 g/mol. The number of H-pyrrole nitrogens is 1. The summed E-state index contributed by atoms with van der Waals surface area (Å²) in [6.45, 7) is 5.81. The van der Waals surface area contributed by atoms with Crippen LogP contribution < -0.4 is 16.6 Å². The first-order chi connectivity index (χ1) is 13.2. The molecule has 2 aromatic rings. The van der Waals surface area contributed by atoms with Crippen molar-refractivity contribution < 1.29 is 19.4 Å². The summed E-state index contributed by atoms with van der Waals surface area (Å²) >= 11 is 0. The first kappa shape index (κ1) is 21.3. The molecule has 2 rings (SSSR count). The molecule has 0 radical (unpaired) electrons. The maximum Gasteiger partial charge on any atom is 0.329 e. The number of methoxy groups -OCH3 is 1. The van der Waals surface area contributed by atoms with E-state index in [2.05, 4.69) is 15.3 Å². The van der Waals surface area contributed by atoms with Crippen LogP contribution in [0.4, 0.5) is 0 Å². The van der Waals surface area contributed by atoms with Gasteiger partial charge in [-0.1, -0.05) is 13.8 Å². The van der Waals surface area contributed by atoms with Crippen LogP contribution >= 0.6 is 0 Å². The van der Waals surface area contributed by atoms with Gasteiger partial charge in [0.15, 0.2) is 5.65 Å². The summed E-state index contributed by atoms with van der Waals surface area (Å²) in [5.41, 5.74) is -0.796. The van der Waals surface area contributed by atoms with E-state index < -0.39 is 29.2 Å². The lowest BCUT2D eigenvalue weighted by molar-refractivity contribution is -0.139. The van der Waals surface area contributed by atoms with Crippen molar-refractivity contribution >= 4 is 22.9 Å². The quantitative estimate of drug-likeness (QED) is 0.591. The highest BCUT2D eigenvalue weighted by atomic mass is 16.5. The minimum atomic E-state index is -1.22. The Labute approximate surface area is 160 Å². The van der Waals surface area contributed by atoms with Gasteiger partial charge in [-0.25, -0.2) is 14.6 Å². The number of carbonyl (C=O) groups excluding carboxylic acids is 1. The molecule has 0 fully saturated rings. The number of aryl methyl sites for hydroxylation is 1. The number of hydrogen-bond acceptors (Lipinski definition) is 6. The van der Waals surface area contributed by atoms with Gasteiger partial charge in [0.05, 0.1) is 10.9 Å². The number of aromatic amines is 1. The van der Waals surface area contributed by atoms with Crippen molar-refractivity contribution in [2.75, 3.05) is 13.7 Å². The van der Waals surface area contributed by atoms with E-state index in [1.54, 1.807) is 6.92 Å². The van der Waals surface area contributed by atoms with Gasteiger partial charge in [0.1, 0.15) is 6.04 Å². The molecular weight excluding hydrogens is 368 g/mol. The lowest BCUT2D eigenvalue weighted by Gasteiger charge is -2.17. The Balaban J connectivity index is 2.68. The van der Waals surface area contributed by atoms with Crippen LogP contribution in [0.3, 0.4) is 0 Å². The number of rotatable bonds is 8. The van der Waals surface area contributed by atoms with Crippen molar-refractivity contribution in [2.24, 2.45) is 0 Å². The lowest BCUT2D eigenvalue weighted by atomic mass is 10.0. The fourth-order valence-corrected chi connectivity index (χ4v) is 2.79. The van der Waals surface area contributed by atoms with Crippen LogP contribution in [0.25, 0.3) is 11.0 Å². The van der Waals surface area contributed by atoms with Crippen molar-refractivity contribution in [3.63, 3.8) is 0 Å². The SMILES string of the molecule is CCn1c(=O)[nH]c(=O)c2c(C(=O)NC(CCOC)C(=O)O)cc(C(C)C)nc21. The Bertz CT molecular complexity index is 1010. The van der Waals surface area contributed by atoms with E-state index in [0.29, 0.717) is 5.69 Å². The number of aromatic nitrogens is 3. The molecule has 2 aromatic heterocycles. The number of carboxylic acids is 1. The highest BCUT2D eigenvalue weighted by Gasteiger charge is 2.24. The summed E-state index contributed by atoms with van der Waals surface area (Å²) in [5.74, 6) is -2.03. The van der Waals surface area contributed by atoms with Gasteiger partial charge in [-0.05, 0) is 18.9 Å². The Morgan fingerprint density at radius 1 is 1.36 bits per heavy atom. The maximum atomic E-state index is 12.9. The topological polar surface area (TPSA) is 143 Å². The van der Waals surface area contributed by atoms with Crippen molar-refractivity contribution in [3.8, 4) is 0 Å². The average Bonchev–Trinajstić information content (AvgIpc) is 2.63. The molecule has 0 spiro atoms. The smallest absolute Gasteiger partial charge is 0.329 e. The highest BCUT2D eigenvalue weighted by molar-refractivity contribution is 6.06. The molecule has 0 saturated heterocycles. The molecule has 0 aliphatic carbocycles. The van der Waals surface area contributed by atoms with Crippen LogP contribution in [0, 0.1) is 0 Å². The normalized spacial score (nSPS) is 12.3. The number of pyridine rings is 1. The first-order valence-corrected chi connectivity index (χ1v) is 8.91. The molecule has 28 heavy (non-hydrogen) atoms. The van der Waals surface area contributed by atoms with E-state index in [-0.39, 0.29) is 42.1 Å². The van der Waals surface area contributed by atoms with Crippen LogP contribution in [0.1, 0.15) is 49.2 Å². The predicted molar refractivity (Wildman–Crippen MR) is 102 cm³/mol. The van der Waals surface area contributed by atoms with Crippen LogP contribution in [0.15, 0.2) is 15.7 Å². The van der Waals surface area contributed by atoms with Gasteiger partial charge in [0, 0.05) is 32.4 Å². The minimum Gasteiger partial charge on any atom is -0.480 e. The third-order valence-electron chi connectivity index (χ3n) is 4.33. The molecule has 1 atom stereocenters. The number of aliphatic carboxylic acids is 1. The molecule has 0 aromatic carbocycles. The molecule has 3 N–H and O–H groups in total. The molecule has 2 heterocycles. The van der Waals surface area contributed by atoms with Crippen LogP contribution in [0.5, 0.6) is 0 Å². The van der Waals surface area contributed by atoms with E-state index in [1.165, 1.54) is 17.7 Å². The Morgan fingerprint density at radius 3 is 2.57 bits per heavy atom. The Hall–Kier alpha value is -3.01. The third-order valence-corrected chi connectivity index (χ3v) is 4.33. The molecule has 0 aliphatic rings. The molecule has 1 unspecified atom stereocenters. The van der Waals surface area contributed by atoms with E-state index in [4.69, 9.17) is 4.74 Å². The standard InChI is InChI=1S/C18H24N4O6/c1-5-22-14-13(16(24)21-18(22)27)10(8-12(19-14)9(2)3)15(23)20-11(17(25)26)6-7-28-4/h8-9,11H,5-7H2,1-4H3,(H,20,23)(H,25,26)(H,21,24,27). The third kappa shape index (κ3) is 4.28. The highest BCUT2D eigenvalue weighted by Crippen LogP contribution is 2.20. The Morgan fingerprint density at radius 2 is 2.04 bits per heavy atom. The lowest BCUT2D eigenvalue weighted by Crippen LogP contribution is -2.42. The van der Waals surface area contributed by atoms with E-state index in [9.17, 15) is 24.3 Å². The summed E-state index contributed by atoms with van der Waals surface area (Å²) in [4.78, 5) is 55.4. The molecule has 0 saturated carbocycles. The molecule has 1 amide bonds. The zero-order valence-corrected chi connectivity index (χ0v) is 16.2. The Kier molecular flexibility index (Phi) is 6.68. The number of fused-ring (bicyclic) bond motifs is 1. The largest absolute Gasteiger partial charge is 0.480 e. The van der Waals surface area contributed by atoms with Crippen LogP contribution in [-0.4, -0.2) is 51.3 Å². The number of hydrogen-bond donors (Lipinski definition) is 3. The number of amides is 1. The van der Waals surface area contributed by atoms with Gasteiger partial charge in [-0.2, -0.15) is 0 Å². The van der Waals surface area contributed by atoms with Crippen LogP contribution in [-0.2, 0) is 16.1 Å². The maximum absolute atomic E-state index is 12.9. The van der Waals surface area contributed by atoms with Crippen molar-refractivity contribution in [3.05, 3.63) is 38.2 Å². The second-order valence-electron chi connectivity index (χ2n) is 6.60. The second kappa shape index (κ2) is 8.79. The number of nitrogens with zero attached hydrogens (tertiary/aromatic N) is 2. The summed E-state index contributed by atoms with van der Waals surface area (Å²) < 4.78 is 6.14. The zero-order valence-electron chi connectivity index (χ0n) is 16.2. The van der Waals surface area contributed by atoms with E-state index in [0.717, 1.165) is 0 Å². The van der Waals surface area contributed by atoms with E-state index in [1.807, 2.05) is 13.8 Å². The molecule has 10 nitrogen and oxygen atoms in total. The monoisotopic (exact) mass is 392 g/mol. The van der Waals surface area contributed by atoms with Crippen molar-refractivity contribution in [1.29, 1.82) is 0 Å². The summed E-state index contributed by atoms with van der Waals surface area (Å²) in [6, 6.07) is 0.270. The van der Waals surface area contributed by atoms with Gasteiger partial charge in [0.25, 0.3) is 11.5 Å². The van der Waals surface area contributed by atoms with Gasteiger partial charge < -0.3 is 15.2 Å². The molecule has 0 aliphatic heterocycles. The van der Waals surface area contributed by atoms with Crippen molar-refractivity contribution in [2.45, 2.75) is 45.7 Å². The zero-order chi connectivity index (χ0) is 21.0. The molecule has 152 valence electrons. The number of carboxylic acid groups (broad SMARTS) is 1. The number of ether oxygens (including phenoxy) is 1. The van der Waals surface area contributed by atoms with Gasteiger partial charge in [-0.3, -0.25) is 19.1 Å². The summed E-state index contributed by atoms with van der Waals surface area (Å²) in [5, 5.41) is 11.7. The number of carbonyl (C=O) groups is 2. The molecular formula is C18H24N4O6. The van der Waals surface area contributed by atoms with Crippen LogP contribution in [0.2, 0.25) is 0 Å². The van der Waals surface area contributed by atoms with Gasteiger partial charge in [-0.15, -0.1) is 0 Å². The van der Waals surface area contributed by atoms with Crippen molar-refractivity contribution in [1.82, 2.24) is 19.9 Å². The van der Waals surface area contributed by atoms with E-state index >= 15 is 0 Å². The van der Waals surface area contributed by atoms with Gasteiger partial charge >= 0.3 is 11.7 Å². The fourth-order valence-electron chi connectivity index (χ4n) is 2.79. The molecule has 0 bridgehead atoms. The minimum absolute atomic E-state index is 0.0270. The van der Waals surface area contributed by atoms with Gasteiger partial charge in [0.2, 0.25) is 0 Å².